The van der Waals surface area contributed by atoms with Crippen molar-refractivity contribution in [3.63, 3.8) is 0 Å². The van der Waals surface area contributed by atoms with Crippen molar-refractivity contribution >= 4 is 0 Å². The first-order valence-electron chi connectivity index (χ1n) is 1.72. The van der Waals surface area contributed by atoms with Gasteiger partial charge >= 0.3 is 17.4 Å². The van der Waals surface area contributed by atoms with E-state index in [0.29, 0.717) is 0 Å². The summed E-state index contributed by atoms with van der Waals surface area (Å²) in [5.41, 5.74) is 0. The molecule has 8 heavy (non-hydrogen) atoms. The van der Waals surface area contributed by atoms with Crippen LogP contribution in [0.5, 0.6) is 0 Å². The molecule has 0 unspecified atom stereocenters. The minimum absolute atomic E-state index is 0. The Hall–Kier alpha value is 0.592. The van der Waals surface area contributed by atoms with E-state index in [9.17, 15) is 0 Å². The predicted molar refractivity (Wildman–Crippen MR) is 21.6 cm³/mol. The van der Waals surface area contributed by atoms with Gasteiger partial charge in [0, 0.05) is 0 Å². The molecule has 0 saturated heterocycles. The second-order valence-electron chi connectivity index (χ2n) is 1.00. The average Bonchev–Trinajstić information content (AvgIpc) is 1.76. The summed E-state index contributed by atoms with van der Waals surface area (Å²) in [7, 11) is 0. The molecule has 1 aliphatic carbocycles. The second-order valence-corrected chi connectivity index (χ2v) is 1.00. The third kappa shape index (κ3) is 6.59. The van der Waals surface area contributed by atoms with Crippen molar-refractivity contribution in [2.24, 2.45) is 0 Å². The van der Waals surface area contributed by atoms with E-state index in [1.165, 1.54) is 0 Å². The van der Waals surface area contributed by atoms with Crippen LogP contribution >= 0.6 is 0 Å². The second kappa shape index (κ2) is 10.6. The van der Waals surface area contributed by atoms with E-state index in [4.69, 9.17) is 0 Å². The van der Waals surface area contributed by atoms with Crippen LogP contribution in [0.4, 0.5) is 0 Å². The standard InChI is InChI=1S/C5H5.2ClH.Cr/c1-2-4-5-3-1;;;/h1-3H,4H2;2*1H;/q-1;;;+3/p-2. The number of hydrogen-bond donors (Lipinski definition) is 0. The topological polar surface area (TPSA) is 0 Å². The molecular formula is C5H5Cl2Cr. The van der Waals surface area contributed by atoms with Crippen LogP contribution in [0.2, 0.25) is 0 Å². The van der Waals surface area contributed by atoms with Gasteiger partial charge in [0.15, 0.2) is 0 Å². The summed E-state index contributed by atoms with van der Waals surface area (Å²) < 4.78 is 0. The van der Waals surface area contributed by atoms with Crippen molar-refractivity contribution < 1.29 is 42.2 Å². The van der Waals surface area contributed by atoms with E-state index >= 15 is 0 Å². The van der Waals surface area contributed by atoms with Gasteiger partial charge in [-0.3, -0.25) is 6.08 Å². The van der Waals surface area contributed by atoms with Crippen molar-refractivity contribution in [2.75, 3.05) is 0 Å². The first kappa shape index (κ1) is 15.8. The first-order chi connectivity index (χ1) is 2.50. The van der Waals surface area contributed by atoms with Crippen LogP contribution in [-0.4, -0.2) is 0 Å². The van der Waals surface area contributed by atoms with Crippen molar-refractivity contribution in [1.82, 2.24) is 0 Å². The van der Waals surface area contributed by atoms with Crippen LogP contribution in [0.1, 0.15) is 6.42 Å². The normalized spacial score (nSPS) is 11.0. The maximum absolute atomic E-state index is 2.99. The average molecular weight is 188 g/mol. The monoisotopic (exact) mass is 187 g/mol. The molecule has 0 saturated carbocycles. The molecule has 0 aromatic heterocycles. The van der Waals surface area contributed by atoms with E-state index in [2.05, 4.69) is 12.2 Å². The molecule has 0 aromatic carbocycles. The maximum Gasteiger partial charge on any atom is 3.00 e. The van der Waals surface area contributed by atoms with Gasteiger partial charge in [-0.2, -0.15) is 6.08 Å². The fourth-order valence-corrected chi connectivity index (χ4v) is 0.340. The zero-order valence-corrected chi connectivity index (χ0v) is 6.89. The summed E-state index contributed by atoms with van der Waals surface area (Å²) >= 11 is 0. The van der Waals surface area contributed by atoms with Gasteiger partial charge < -0.3 is 24.8 Å². The number of hydrogen-bond acceptors (Lipinski definition) is 0. The molecule has 3 heteroatoms. The SMILES string of the molecule is [C-]1=CC=CC1.[Cl-].[Cl-].[Cr+3]. The summed E-state index contributed by atoms with van der Waals surface area (Å²) in [5, 5.41) is 0. The van der Waals surface area contributed by atoms with E-state index < -0.39 is 0 Å². The van der Waals surface area contributed by atoms with E-state index in [1.54, 1.807) is 0 Å². The molecule has 0 heterocycles. The van der Waals surface area contributed by atoms with Gasteiger partial charge in [-0.15, -0.1) is 6.42 Å². The largest absolute Gasteiger partial charge is 3.00 e. The molecule has 0 nitrogen and oxygen atoms in total. The van der Waals surface area contributed by atoms with Gasteiger partial charge in [0.1, 0.15) is 0 Å². The van der Waals surface area contributed by atoms with Crippen LogP contribution in [0, 0.1) is 6.08 Å². The van der Waals surface area contributed by atoms with Gasteiger partial charge in [0.05, 0.1) is 0 Å². The van der Waals surface area contributed by atoms with E-state index in [1.807, 2.05) is 12.2 Å². The molecule has 0 spiro atoms. The van der Waals surface area contributed by atoms with Gasteiger partial charge in [0.25, 0.3) is 0 Å². The Kier molecular flexibility index (Phi) is 20.9. The first-order valence-corrected chi connectivity index (χ1v) is 1.72. The minimum Gasteiger partial charge on any atom is -1.00 e. The smallest absolute Gasteiger partial charge is 1.00 e. The number of allylic oxidation sites excluding steroid dienone is 4. The fraction of sp³-hybridized carbons (Fsp3) is 0.200. The molecule has 1 aliphatic rings. The summed E-state index contributed by atoms with van der Waals surface area (Å²) in [5.74, 6) is 0. The molecule has 1 radical (unpaired) electrons. The van der Waals surface area contributed by atoms with Crippen molar-refractivity contribution in [3.8, 4) is 0 Å². The molecule has 0 fully saturated rings. The van der Waals surface area contributed by atoms with Crippen LogP contribution < -0.4 is 24.8 Å². The molecule has 0 aliphatic heterocycles. The Labute approximate surface area is 73.0 Å². The Morgan fingerprint density at radius 1 is 1.25 bits per heavy atom. The fourth-order valence-electron chi connectivity index (χ4n) is 0.340. The van der Waals surface area contributed by atoms with Crippen LogP contribution in [0.15, 0.2) is 18.2 Å². The third-order valence-electron chi connectivity index (χ3n) is 0.586. The van der Waals surface area contributed by atoms with Gasteiger partial charge in [0.2, 0.25) is 0 Å². The molecule has 0 amide bonds. The number of rotatable bonds is 0. The zero-order chi connectivity index (χ0) is 3.54. The Bertz CT molecular complexity index is 68.5. The van der Waals surface area contributed by atoms with Crippen molar-refractivity contribution in [1.29, 1.82) is 0 Å². The molecule has 0 aromatic rings. The van der Waals surface area contributed by atoms with E-state index in [0.717, 1.165) is 6.42 Å². The maximum atomic E-state index is 2.99. The zero-order valence-electron chi connectivity index (χ0n) is 4.10. The third-order valence-corrected chi connectivity index (χ3v) is 0.586. The molecule has 0 N–H and O–H groups in total. The molecule has 0 atom stereocenters. The Morgan fingerprint density at radius 2 is 1.88 bits per heavy atom. The Morgan fingerprint density at radius 3 is 2.00 bits per heavy atom. The van der Waals surface area contributed by atoms with Crippen LogP contribution in [0.3, 0.4) is 0 Å². The molecular weight excluding hydrogens is 183 g/mol. The van der Waals surface area contributed by atoms with Crippen molar-refractivity contribution in [2.45, 2.75) is 6.42 Å². The summed E-state index contributed by atoms with van der Waals surface area (Å²) in [6.45, 7) is 0. The molecule has 1 rings (SSSR count). The predicted octanol–water partition coefficient (Wildman–Crippen LogP) is -4.69. The van der Waals surface area contributed by atoms with Crippen molar-refractivity contribution in [3.05, 3.63) is 24.3 Å². The van der Waals surface area contributed by atoms with Gasteiger partial charge in [-0.1, -0.05) is 0 Å². The Balaban J connectivity index is -0.0000000833. The van der Waals surface area contributed by atoms with Crippen LogP contribution in [-0.2, 0) is 17.4 Å². The summed E-state index contributed by atoms with van der Waals surface area (Å²) in [6, 6.07) is 0. The number of halogens is 2. The van der Waals surface area contributed by atoms with Gasteiger partial charge in [-0.25, -0.2) is 12.2 Å². The molecule has 0 bridgehead atoms. The summed E-state index contributed by atoms with van der Waals surface area (Å²) in [6.07, 6.45) is 10.0. The summed E-state index contributed by atoms with van der Waals surface area (Å²) in [4.78, 5) is 0. The van der Waals surface area contributed by atoms with Gasteiger partial charge in [-0.05, 0) is 0 Å². The van der Waals surface area contributed by atoms with Crippen LogP contribution in [0.25, 0.3) is 0 Å². The molecule has 45 valence electrons. The quantitative estimate of drug-likeness (QED) is 0.335. The van der Waals surface area contributed by atoms with E-state index in [-0.39, 0.29) is 42.2 Å². The minimum atomic E-state index is 0.